The maximum Gasteiger partial charge on any atom is 0.354 e. The van der Waals surface area contributed by atoms with Crippen LogP contribution in [0.1, 0.15) is 0 Å². The summed E-state index contributed by atoms with van der Waals surface area (Å²) in [6.07, 6.45) is 0. The lowest BCUT2D eigenvalue weighted by molar-refractivity contribution is -0.510. The van der Waals surface area contributed by atoms with Crippen LogP contribution in [0, 0.1) is 0 Å². The molecule has 28 heavy (non-hydrogen) atoms. The van der Waals surface area contributed by atoms with Crippen molar-refractivity contribution in [3.05, 3.63) is 78.9 Å². The van der Waals surface area contributed by atoms with Gasteiger partial charge in [-0.1, -0.05) is 42.5 Å². The van der Waals surface area contributed by atoms with E-state index in [2.05, 4.69) is 9.27 Å². The lowest BCUT2D eigenvalue weighted by atomic mass is 10.2. The van der Waals surface area contributed by atoms with Crippen molar-refractivity contribution in [1.29, 1.82) is 0 Å². The third-order valence-electron chi connectivity index (χ3n) is 4.25. The highest BCUT2D eigenvalue weighted by Crippen LogP contribution is 2.32. The first-order valence-electron chi connectivity index (χ1n) is 8.82. The van der Waals surface area contributed by atoms with Gasteiger partial charge in [-0.2, -0.15) is 0 Å². The maximum atomic E-state index is 5.58. The van der Waals surface area contributed by atoms with Crippen molar-refractivity contribution >= 4 is 22.4 Å². The van der Waals surface area contributed by atoms with Crippen LogP contribution in [0.4, 0.5) is 10.8 Å². The molecule has 0 spiro atoms. The van der Waals surface area contributed by atoms with Crippen molar-refractivity contribution in [1.82, 2.24) is 4.98 Å². The van der Waals surface area contributed by atoms with Crippen molar-refractivity contribution in [2.45, 2.75) is 0 Å². The number of para-hydroxylation sites is 4. The summed E-state index contributed by atoms with van der Waals surface area (Å²) in [6.45, 7) is 0. The van der Waals surface area contributed by atoms with Crippen molar-refractivity contribution in [3.63, 3.8) is 0 Å². The summed E-state index contributed by atoms with van der Waals surface area (Å²) in [5.74, 6) is 2.33. The zero-order valence-corrected chi connectivity index (χ0v) is 16.4. The van der Waals surface area contributed by atoms with Gasteiger partial charge < -0.3 is 14.8 Å². The van der Waals surface area contributed by atoms with Crippen molar-refractivity contribution in [2.75, 3.05) is 19.5 Å². The van der Waals surface area contributed by atoms with Crippen LogP contribution in [0.2, 0.25) is 0 Å². The largest absolute Gasteiger partial charge is 0.496 e. The van der Waals surface area contributed by atoms with Crippen molar-refractivity contribution < 1.29 is 13.4 Å². The molecule has 1 aromatic heterocycles. The van der Waals surface area contributed by atoms with Crippen LogP contribution in [0.5, 0.6) is 11.5 Å². The lowest BCUT2D eigenvalue weighted by Crippen LogP contribution is -2.28. The van der Waals surface area contributed by atoms with E-state index < -0.39 is 0 Å². The molecule has 0 unspecified atom stereocenters. The van der Waals surface area contributed by atoms with Crippen LogP contribution in [-0.4, -0.2) is 19.2 Å². The zero-order chi connectivity index (χ0) is 19.3. The minimum atomic E-state index is 0.766. The molecule has 0 aliphatic carbocycles. The number of hydrogen-bond donors (Lipinski definition) is 1. The summed E-state index contributed by atoms with van der Waals surface area (Å²) in [4.78, 5) is 4.87. The molecule has 0 fully saturated rings. The number of ether oxygens (including phenoxy) is 2. The van der Waals surface area contributed by atoms with Gasteiger partial charge in [0.1, 0.15) is 22.8 Å². The number of anilines is 2. The molecule has 0 bridgehead atoms. The lowest BCUT2D eigenvalue weighted by Gasteiger charge is -2.06. The van der Waals surface area contributed by atoms with Gasteiger partial charge in [-0.15, -0.1) is 3.96 Å². The van der Waals surface area contributed by atoms with E-state index in [1.165, 1.54) is 11.5 Å². The van der Waals surface area contributed by atoms with Gasteiger partial charge in [-0.3, -0.25) is 0 Å². The molecule has 0 aliphatic rings. The van der Waals surface area contributed by atoms with E-state index in [0.717, 1.165) is 39.4 Å². The zero-order valence-electron chi connectivity index (χ0n) is 15.6. The van der Waals surface area contributed by atoms with Crippen LogP contribution in [-0.2, 0) is 0 Å². The standard InChI is InChI=1S/C22H19N3O2S/c1-26-19-14-8-6-12-17(19)21-24-22(23-16-10-4-3-5-11-16)28-25(21)18-13-7-9-15-20(18)27-2/h3-15H,1-2H3/p+1. The number of nitrogens with zero attached hydrogens (tertiary/aromatic N) is 2. The van der Waals surface area contributed by atoms with Gasteiger partial charge in [-0.25, -0.2) is 0 Å². The molecule has 0 saturated heterocycles. The van der Waals surface area contributed by atoms with E-state index in [1.807, 2.05) is 78.9 Å². The second-order valence-electron chi connectivity index (χ2n) is 5.99. The van der Waals surface area contributed by atoms with E-state index in [0.29, 0.717) is 0 Å². The number of benzene rings is 3. The number of rotatable bonds is 6. The van der Waals surface area contributed by atoms with Gasteiger partial charge in [0.2, 0.25) is 0 Å². The van der Waals surface area contributed by atoms with Gasteiger partial charge in [0.05, 0.1) is 14.2 Å². The minimum Gasteiger partial charge on any atom is -0.496 e. The Bertz CT molecular complexity index is 1020. The Kier molecular flexibility index (Phi) is 5.21. The fourth-order valence-corrected chi connectivity index (χ4v) is 3.89. The predicted octanol–water partition coefficient (Wildman–Crippen LogP) is 4.85. The molecule has 6 heteroatoms. The number of aromatic nitrogens is 2. The molecule has 1 heterocycles. The molecule has 0 aliphatic heterocycles. The molecule has 1 N–H and O–H groups in total. The summed E-state index contributed by atoms with van der Waals surface area (Å²) in [5, 5.41) is 4.16. The van der Waals surface area contributed by atoms with E-state index in [1.54, 1.807) is 14.2 Å². The van der Waals surface area contributed by atoms with E-state index in [9.17, 15) is 0 Å². The first kappa shape index (κ1) is 18.0. The molecular formula is C22H20N3O2S+. The molecule has 5 nitrogen and oxygen atoms in total. The third-order valence-corrected chi connectivity index (χ3v) is 5.17. The summed E-state index contributed by atoms with van der Waals surface area (Å²) >= 11 is 1.51. The number of nitrogens with one attached hydrogen (secondary N) is 1. The third kappa shape index (κ3) is 3.54. The summed E-state index contributed by atoms with van der Waals surface area (Å²) < 4.78 is 13.2. The average molecular weight is 390 g/mol. The minimum absolute atomic E-state index is 0.766. The molecule has 4 rings (SSSR count). The van der Waals surface area contributed by atoms with Gasteiger partial charge in [0.15, 0.2) is 11.4 Å². The van der Waals surface area contributed by atoms with Crippen LogP contribution in [0.25, 0.3) is 17.1 Å². The second-order valence-corrected chi connectivity index (χ2v) is 6.92. The molecule has 0 amide bonds. The highest BCUT2D eigenvalue weighted by atomic mass is 32.1. The van der Waals surface area contributed by atoms with Gasteiger partial charge in [-0.05, 0) is 41.4 Å². The first-order chi connectivity index (χ1) is 13.8. The van der Waals surface area contributed by atoms with Crippen molar-refractivity contribution in [2.24, 2.45) is 0 Å². The Balaban J connectivity index is 1.88. The highest BCUT2D eigenvalue weighted by molar-refractivity contribution is 7.06. The summed E-state index contributed by atoms with van der Waals surface area (Å²) in [5.41, 5.74) is 2.81. The monoisotopic (exact) mass is 390 g/mol. The van der Waals surface area contributed by atoms with E-state index in [-0.39, 0.29) is 0 Å². The average Bonchev–Trinajstić information content (AvgIpc) is 3.17. The fourth-order valence-electron chi connectivity index (χ4n) is 2.95. The molecule has 0 radical (unpaired) electrons. The molecule has 3 aromatic carbocycles. The first-order valence-corrected chi connectivity index (χ1v) is 9.59. The summed E-state index contributed by atoms with van der Waals surface area (Å²) in [6, 6.07) is 25.8. The van der Waals surface area contributed by atoms with Gasteiger partial charge in [0, 0.05) is 5.69 Å². The Morgan fingerprint density at radius 1 is 0.786 bits per heavy atom. The van der Waals surface area contributed by atoms with Crippen LogP contribution in [0.15, 0.2) is 78.9 Å². The summed E-state index contributed by atoms with van der Waals surface area (Å²) in [7, 11) is 3.34. The Hall–Kier alpha value is -3.38. The second kappa shape index (κ2) is 8.10. The van der Waals surface area contributed by atoms with Crippen LogP contribution in [0.3, 0.4) is 0 Å². The normalized spacial score (nSPS) is 10.5. The Labute approximate surface area is 168 Å². The molecular weight excluding hydrogens is 370 g/mol. The smallest absolute Gasteiger partial charge is 0.354 e. The Morgan fingerprint density at radius 2 is 1.43 bits per heavy atom. The van der Waals surface area contributed by atoms with Crippen molar-refractivity contribution in [3.8, 4) is 28.6 Å². The molecule has 4 aromatic rings. The highest BCUT2D eigenvalue weighted by Gasteiger charge is 2.28. The predicted molar refractivity (Wildman–Crippen MR) is 112 cm³/mol. The molecule has 0 atom stereocenters. The maximum absolute atomic E-state index is 5.58. The van der Waals surface area contributed by atoms with Crippen LogP contribution < -0.4 is 18.7 Å². The molecule has 140 valence electrons. The van der Waals surface area contributed by atoms with Crippen LogP contribution >= 0.6 is 11.5 Å². The van der Waals surface area contributed by atoms with E-state index >= 15 is 0 Å². The topological polar surface area (TPSA) is 47.3 Å². The van der Waals surface area contributed by atoms with Gasteiger partial charge >= 0.3 is 11.0 Å². The van der Waals surface area contributed by atoms with Gasteiger partial charge in [0.25, 0.3) is 0 Å². The molecule has 0 saturated carbocycles. The fraction of sp³-hybridized carbons (Fsp3) is 0.0909. The number of methoxy groups -OCH3 is 2. The Morgan fingerprint density at radius 3 is 2.18 bits per heavy atom. The van der Waals surface area contributed by atoms with E-state index in [4.69, 9.17) is 14.5 Å². The number of hydrogen-bond acceptors (Lipinski definition) is 5. The SMILES string of the molecule is COc1ccccc1-c1nc(Nc2ccccc2)s[n+]1-c1ccccc1OC. The quantitative estimate of drug-likeness (QED) is 0.478.